The fourth-order valence-electron chi connectivity index (χ4n) is 4.75. The van der Waals surface area contributed by atoms with E-state index in [4.69, 9.17) is 4.74 Å². The number of nitrogens with one attached hydrogen (secondary N) is 1. The van der Waals surface area contributed by atoms with E-state index in [1.165, 1.54) is 16.7 Å². The maximum atomic E-state index is 13.6. The summed E-state index contributed by atoms with van der Waals surface area (Å²) in [5.41, 5.74) is 2.73. The number of amides is 2. The molecule has 2 aliphatic heterocycles. The van der Waals surface area contributed by atoms with Crippen molar-refractivity contribution in [3.63, 3.8) is 0 Å². The molecule has 2 fully saturated rings. The SMILES string of the molecule is C=C1CS[C@@H]2[C@H](NC(=O)C(C#N)c3ccccc3)C(=O)N2[C@H]1C(=O)OC(c1ccccc1)c1ccccc1. The molecule has 4 atom stereocenters. The topological polar surface area (TPSA) is 99.5 Å². The van der Waals surface area contributed by atoms with Crippen LogP contribution in [0, 0.1) is 11.3 Å². The quantitative estimate of drug-likeness (QED) is 0.286. The van der Waals surface area contributed by atoms with Crippen molar-refractivity contribution in [3.8, 4) is 6.07 Å². The first-order valence-electron chi connectivity index (χ1n) is 12.2. The number of carbonyl (C=O) groups is 3. The average Bonchev–Trinajstić information content (AvgIpc) is 2.96. The summed E-state index contributed by atoms with van der Waals surface area (Å²) in [7, 11) is 0. The van der Waals surface area contributed by atoms with Crippen LogP contribution in [0.2, 0.25) is 0 Å². The zero-order valence-corrected chi connectivity index (χ0v) is 21.2. The minimum atomic E-state index is -1.04. The molecule has 0 radical (unpaired) electrons. The first kappa shape index (κ1) is 25.3. The molecular formula is C30H25N3O4S. The Balaban J connectivity index is 1.33. The van der Waals surface area contributed by atoms with Crippen LogP contribution in [0.25, 0.3) is 0 Å². The third-order valence-corrected chi connectivity index (χ3v) is 8.05. The molecule has 0 aromatic heterocycles. The van der Waals surface area contributed by atoms with Crippen LogP contribution >= 0.6 is 11.8 Å². The van der Waals surface area contributed by atoms with Gasteiger partial charge in [0.2, 0.25) is 11.8 Å². The largest absolute Gasteiger partial charge is 0.451 e. The Morgan fingerprint density at radius 2 is 1.47 bits per heavy atom. The lowest BCUT2D eigenvalue weighted by Crippen LogP contribution is -2.74. The van der Waals surface area contributed by atoms with Crippen LogP contribution in [0.5, 0.6) is 0 Å². The highest BCUT2D eigenvalue weighted by molar-refractivity contribution is 8.00. The van der Waals surface area contributed by atoms with Crippen LogP contribution in [-0.4, -0.2) is 45.9 Å². The first-order valence-corrected chi connectivity index (χ1v) is 13.2. The maximum absolute atomic E-state index is 13.6. The van der Waals surface area contributed by atoms with E-state index < -0.39 is 47.3 Å². The number of carbonyl (C=O) groups excluding carboxylic acids is 3. The van der Waals surface area contributed by atoms with Crippen molar-refractivity contribution < 1.29 is 19.1 Å². The molecule has 190 valence electrons. The van der Waals surface area contributed by atoms with E-state index in [9.17, 15) is 19.6 Å². The van der Waals surface area contributed by atoms with Crippen molar-refractivity contribution in [3.05, 3.63) is 120 Å². The maximum Gasteiger partial charge on any atom is 0.334 e. The van der Waals surface area contributed by atoms with Crippen molar-refractivity contribution in [2.75, 3.05) is 5.75 Å². The van der Waals surface area contributed by atoms with Crippen molar-refractivity contribution in [2.45, 2.75) is 29.5 Å². The second-order valence-corrected chi connectivity index (χ2v) is 10.2. The van der Waals surface area contributed by atoms with Gasteiger partial charge in [-0.05, 0) is 22.3 Å². The summed E-state index contributed by atoms with van der Waals surface area (Å²) in [6.07, 6.45) is -0.653. The Hall–Kier alpha value is -4.35. The summed E-state index contributed by atoms with van der Waals surface area (Å²) < 4.78 is 6.03. The zero-order chi connectivity index (χ0) is 26.6. The van der Waals surface area contributed by atoms with Crippen molar-refractivity contribution in [1.82, 2.24) is 10.2 Å². The third kappa shape index (κ3) is 4.81. The fraction of sp³-hybridized carbons (Fsp3) is 0.200. The molecular weight excluding hydrogens is 498 g/mol. The highest BCUT2D eigenvalue weighted by Gasteiger charge is 2.57. The number of hydrogen-bond donors (Lipinski definition) is 1. The first-order chi connectivity index (χ1) is 18.5. The van der Waals surface area contributed by atoms with Gasteiger partial charge >= 0.3 is 5.97 Å². The van der Waals surface area contributed by atoms with Gasteiger partial charge in [0, 0.05) is 5.75 Å². The van der Waals surface area contributed by atoms with E-state index in [2.05, 4.69) is 11.9 Å². The number of β-lactam (4-membered cyclic amide) rings is 1. The van der Waals surface area contributed by atoms with Crippen molar-refractivity contribution in [2.24, 2.45) is 0 Å². The molecule has 1 unspecified atom stereocenters. The van der Waals surface area contributed by atoms with E-state index in [-0.39, 0.29) is 0 Å². The molecule has 2 amide bonds. The normalized spacial score (nSPS) is 21.1. The summed E-state index contributed by atoms with van der Waals surface area (Å²) in [6, 6.07) is 27.7. The molecule has 8 heteroatoms. The summed E-state index contributed by atoms with van der Waals surface area (Å²) in [5, 5.41) is 11.9. The molecule has 2 saturated heterocycles. The Bertz CT molecular complexity index is 1350. The summed E-state index contributed by atoms with van der Waals surface area (Å²) in [6.45, 7) is 4.04. The summed E-state index contributed by atoms with van der Waals surface area (Å²) in [4.78, 5) is 41.1. The van der Waals surface area contributed by atoms with Crippen LogP contribution in [0.15, 0.2) is 103 Å². The van der Waals surface area contributed by atoms with Gasteiger partial charge in [-0.1, -0.05) is 97.6 Å². The Morgan fingerprint density at radius 1 is 0.947 bits per heavy atom. The second kappa shape index (κ2) is 11.0. The third-order valence-electron chi connectivity index (χ3n) is 6.67. The number of benzene rings is 3. The van der Waals surface area contributed by atoms with Crippen LogP contribution in [0.3, 0.4) is 0 Å². The number of esters is 1. The van der Waals surface area contributed by atoms with E-state index in [1.54, 1.807) is 30.3 Å². The molecule has 3 aromatic rings. The monoisotopic (exact) mass is 523 g/mol. The molecule has 1 N–H and O–H groups in total. The predicted molar refractivity (Wildman–Crippen MR) is 144 cm³/mol. The molecule has 3 aromatic carbocycles. The molecule has 2 heterocycles. The van der Waals surface area contributed by atoms with Crippen molar-refractivity contribution >= 4 is 29.5 Å². The lowest BCUT2D eigenvalue weighted by molar-refractivity contribution is -0.165. The molecule has 5 rings (SSSR count). The standard InChI is InChI=1S/C30H25N3O4S/c1-19-18-38-29-24(32-27(34)23(17-31)20-11-5-2-6-12-20)28(35)33(29)25(19)30(36)37-26(21-13-7-3-8-14-21)22-15-9-4-10-16-22/h2-16,23-26,29H,1,18H2,(H,32,34)/t23?,24-,25-,29-/m1/s1. The Labute approximate surface area is 225 Å². The number of hydrogen-bond acceptors (Lipinski definition) is 6. The molecule has 38 heavy (non-hydrogen) atoms. The number of ether oxygens (including phenoxy) is 1. The van der Waals surface area contributed by atoms with Gasteiger partial charge in [0.05, 0.1) is 6.07 Å². The van der Waals surface area contributed by atoms with E-state index in [0.717, 1.165) is 11.1 Å². The number of rotatable bonds is 7. The lowest BCUT2D eigenvalue weighted by atomic mass is 9.95. The zero-order valence-electron chi connectivity index (χ0n) is 20.4. The Kier molecular flexibility index (Phi) is 7.29. The molecule has 2 aliphatic rings. The van der Waals surface area contributed by atoms with Gasteiger partial charge in [-0.3, -0.25) is 9.59 Å². The van der Waals surface area contributed by atoms with Gasteiger partial charge in [0.15, 0.2) is 12.1 Å². The van der Waals surface area contributed by atoms with Crippen LogP contribution in [0.4, 0.5) is 0 Å². The Morgan fingerprint density at radius 3 is 2.00 bits per heavy atom. The summed E-state index contributed by atoms with van der Waals surface area (Å²) in [5.74, 6) is -2.13. The van der Waals surface area contributed by atoms with Crippen molar-refractivity contribution in [1.29, 1.82) is 5.26 Å². The van der Waals surface area contributed by atoms with Gasteiger partial charge in [-0.15, -0.1) is 11.8 Å². The lowest BCUT2D eigenvalue weighted by Gasteiger charge is -2.53. The number of fused-ring (bicyclic) bond motifs is 1. The summed E-state index contributed by atoms with van der Waals surface area (Å²) >= 11 is 1.42. The highest BCUT2D eigenvalue weighted by atomic mass is 32.2. The molecule has 0 saturated carbocycles. The second-order valence-electron chi connectivity index (χ2n) is 9.11. The minimum Gasteiger partial charge on any atom is -0.451 e. The number of nitriles is 1. The number of nitrogens with zero attached hydrogens (tertiary/aromatic N) is 2. The molecule has 0 bridgehead atoms. The van der Waals surface area contributed by atoms with Gasteiger partial charge in [-0.25, -0.2) is 4.79 Å². The molecule has 0 aliphatic carbocycles. The van der Waals surface area contributed by atoms with E-state index in [1.807, 2.05) is 66.7 Å². The highest BCUT2D eigenvalue weighted by Crippen LogP contribution is 2.41. The smallest absolute Gasteiger partial charge is 0.334 e. The van der Waals surface area contributed by atoms with Crippen LogP contribution in [-0.2, 0) is 19.1 Å². The number of thioether (sulfide) groups is 1. The fourth-order valence-corrected chi connectivity index (χ4v) is 6.06. The molecule has 7 nitrogen and oxygen atoms in total. The van der Waals surface area contributed by atoms with Gasteiger partial charge < -0.3 is 15.0 Å². The van der Waals surface area contributed by atoms with Gasteiger partial charge in [0.1, 0.15) is 17.3 Å². The van der Waals surface area contributed by atoms with E-state index in [0.29, 0.717) is 16.9 Å². The van der Waals surface area contributed by atoms with Gasteiger partial charge in [-0.2, -0.15) is 5.26 Å². The van der Waals surface area contributed by atoms with E-state index >= 15 is 0 Å². The van der Waals surface area contributed by atoms with Crippen LogP contribution in [0.1, 0.15) is 28.7 Å². The van der Waals surface area contributed by atoms with Gasteiger partial charge in [0.25, 0.3) is 0 Å². The molecule has 0 spiro atoms. The average molecular weight is 524 g/mol. The predicted octanol–water partition coefficient (Wildman–Crippen LogP) is 3.95. The van der Waals surface area contributed by atoms with Crippen LogP contribution < -0.4 is 5.32 Å². The minimum absolute atomic E-state index is 0.403.